The number of carbonyl (C=O) groups is 3. The van der Waals surface area contributed by atoms with Crippen LogP contribution in [-0.4, -0.2) is 64.8 Å². The Labute approximate surface area is 202 Å². The van der Waals surface area contributed by atoms with Crippen molar-refractivity contribution in [3.63, 3.8) is 0 Å². The summed E-state index contributed by atoms with van der Waals surface area (Å²) in [6, 6.07) is -1.22. The fourth-order valence-electron chi connectivity index (χ4n) is 2.84. The third-order valence-electron chi connectivity index (χ3n) is 4.92. The molecular formula is C22H44NO10P+2. The zero-order chi connectivity index (χ0) is 25.8. The van der Waals surface area contributed by atoms with Gasteiger partial charge >= 0.3 is 26.1 Å². The van der Waals surface area contributed by atoms with Crippen LogP contribution in [0.25, 0.3) is 0 Å². The number of aliphatic carboxylic acids is 1. The molecule has 0 saturated carbocycles. The fourth-order valence-corrected chi connectivity index (χ4v) is 3.65. The van der Waals surface area contributed by atoms with E-state index in [1.165, 1.54) is 0 Å². The maximum atomic E-state index is 12.2. The first-order chi connectivity index (χ1) is 16.1. The maximum absolute atomic E-state index is 12.2. The van der Waals surface area contributed by atoms with Crippen molar-refractivity contribution in [1.82, 2.24) is 0 Å². The average molecular weight is 514 g/mol. The molecule has 0 aromatic heterocycles. The van der Waals surface area contributed by atoms with E-state index in [0.717, 1.165) is 51.4 Å². The Morgan fingerprint density at radius 2 is 1.26 bits per heavy atom. The molecule has 0 heterocycles. The van der Waals surface area contributed by atoms with E-state index in [9.17, 15) is 24.2 Å². The molecule has 0 aliphatic carbocycles. The summed E-state index contributed by atoms with van der Waals surface area (Å²) in [6.07, 6.45) is 8.99. The van der Waals surface area contributed by atoms with Gasteiger partial charge in [0.25, 0.3) is 0 Å². The monoisotopic (exact) mass is 513 g/mol. The van der Waals surface area contributed by atoms with Crippen LogP contribution in [0.3, 0.4) is 0 Å². The lowest BCUT2D eigenvalue weighted by Gasteiger charge is -2.18. The molecule has 0 aromatic carbocycles. The van der Waals surface area contributed by atoms with E-state index < -0.39 is 51.4 Å². The molecular weight excluding hydrogens is 469 g/mol. The first kappa shape index (κ1) is 32.6. The molecule has 0 rings (SSSR count). The minimum atomic E-state index is -4.38. The number of hydrogen-bond acceptors (Lipinski definition) is 9. The number of carbonyl (C=O) groups excluding carboxylic acids is 2. The van der Waals surface area contributed by atoms with Gasteiger partial charge in [0.1, 0.15) is 13.2 Å². The molecule has 6 N–H and O–H groups in total. The van der Waals surface area contributed by atoms with Crippen LogP contribution in [0.4, 0.5) is 0 Å². The van der Waals surface area contributed by atoms with E-state index in [1.807, 2.05) is 0 Å². The van der Waals surface area contributed by atoms with Crippen molar-refractivity contribution in [2.24, 2.45) is 0 Å². The van der Waals surface area contributed by atoms with Crippen LogP contribution < -0.4 is 5.73 Å². The molecule has 200 valence electrons. The van der Waals surface area contributed by atoms with Crippen molar-refractivity contribution < 1.29 is 53.5 Å². The van der Waals surface area contributed by atoms with E-state index >= 15 is 0 Å². The molecule has 2 atom stereocenters. The Kier molecular flexibility index (Phi) is 19.1. The van der Waals surface area contributed by atoms with Crippen LogP contribution in [0.2, 0.25) is 0 Å². The summed E-state index contributed by atoms with van der Waals surface area (Å²) in [4.78, 5) is 54.7. The second-order valence-corrected chi connectivity index (χ2v) is 9.74. The molecule has 0 aliphatic heterocycles. The summed E-state index contributed by atoms with van der Waals surface area (Å²) in [6.45, 7) is 2.82. The summed E-state index contributed by atoms with van der Waals surface area (Å²) >= 11 is 0. The number of unbranched alkanes of at least 4 members (excludes halogenated alkanes) is 8. The fraction of sp³-hybridized carbons (Fsp3) is 0.864. The number of carboxylic acid groups (broad SMARTS) is 1. The second kappa shape index (κ2) is 19.9. The lowest BCUT2D eigenvalue weighted by Crippen LogP contribution is -2.67. The first-order valence-electron chi connectivity index (χ1n) is 12.2. The molecule has 11 nitrogen and oxygen atoms in total. The number of rotatable bonds is 22. The van der Waals surface area contributed by atoms with Crippen LogP contribution in [0.15, 0.2) is 0 Å². The molecule has 0 aromatic rings. The Balaban J connectivity index is 4.65. The van der Waals surface area contributed by atoms with Crippen molar-refractivity contribution >= 4 is 26.1 Å². The van der Waals surface area contributed by atoms with Crippen LogP contribution in [0.5, 0.6) is 0 Å². The van der Waals surface area contributed by atoms with Gasteiger partial charge in [0, 0.05) is 12.8 Å². The zero-order valence-electron chi connectivity index (χ0n) is 20.6. The second-order valence-electron chi connectivity index (χ2n) is 8.24. The van der Waals surface area contributed by atoms with Crippen molar-refractivity contribution in [3.8, 4) is 0 Å². The van der Waals surface area contributed by atoms with Crippen molar-refractivity contribution in [1.29, 1.82) is 0 Å². The van der Waals surface area contributed by atoms with E-state index in [0.29, 0.717) is 12.8 Å². The maximum Gasteiger partial charge on any atom is 0.570 e. The molecule has 0 bridgehead atoms. The zero-order valence-corrected chi connectivity index (χ0v) is 21.5. The lowest BCUT2D eigenvalue weighted by atomic mass is 10.1. The first-order valence-corrected chi connectivity index (χ1v) is 13.7. The summed E-state index contributed by atoms with van der Waals surface area (Å²) < 4.78 is 20.2. The average Bonchev–Trinajstić information content (AvgIpc) is 2.79. The van der Waals surface area contributed by atoms with Crippen molar-refractivity contribution in [3.05, 3.63) is 0 Å². The molecule has 0 spiro atoms. The predicted octanol–water partition coefficient (Wildman–Crippen LogP) is 2.55. The molecule has 0 fully saturated rings. The number of esters is 2. The van der Waals surface area contributed by atoms with Gasteiger partial charge in [-0.15, -0.1) is 9.05 Å². The Bertz CT molecular complexity index is 576. The molecule has 0 unspecified atom stereocenters. The molecule has 0 amide bonds. The summed E-state index contributed by atoms with van der Waals surface area (Å²) in [5.74, 6) is -2.22. The largest absolute Gasteiger partial charge is 0.570 e. The van der Waals surface area contributed by atoms with Crippen LogP contribution >= 0.6 is 8.17 Å². The summed E-state index contributed by atoms with van der Waals surface area (Å²) in [5.41, 5.74) is 3.30. The van der Waals surface area contributed by atoms with Gasteiger partial charge in [-0.1, -0.05) is 65.2 Å². The van der Waals surface area contributed by atoms with Gasteiger partial charge in [-0.05, 0) is 12.8 Å². The van der Waals surface area contributed by atoms with Gasteiger partial charge in [-0.3, -0.25) is 9.59 Å². The van der Waals surface area contributed by atoms with Gasteiger partial charge in [0.2, 0.25) is 6.04 Å². The van der Waals surface area contributed by atoms with E-state index in [-0.39, 0.29) is 19.4 Å². The topological polar surface area (TPSA) is 176 Å². The van der Waals surface area contributed by atoms with E-state index in [4.69, 9.17) is 23.6 Å². The summed E-state index contributed by atoms with van der Waals surface area (Å²) in [7, 11) is -4.38. The van der Waals surface area contributed by atoms with Gasteiger partial charge in [0.05, 0.1) is 0 Å². The minimum absolute atomic E-state index is 0.183. The molecule has 34 heavy (non-hydrogen) atoms. The highest BCUT2D eigenvalue weighted by Gasteiger charge is 2.42. The quantitative estimate of drug-likeness (QED) is 0.0955. The summed E-state index contributed by atoms with van der Waals surface area (Å²) in [5, 5.41) is 8.80. The highest BCUT2D eigenvalue weighted by molar-refractivity contribution is 7.54. The van der Waals surface area contributed by atoms with Crippen LogP contribution in [-0.2, 0) is 32.9 Å². The van der Waals surface area contributed by atoms with E-state index in [2.05, 4.69) is 19.6 Å². The lowest BCUT2D eigenvalue weighted by molar-refractivity contribution is -0.412. The van der Waals surface area contributed by atoms with Crippen molar-refractivity contribution in [2.75, 3.05) is 19.8 Å². The standard InChI is InChI=1S/C22H42NO10P/c1-3-5-7-9-11-13-20(24)30-15-18(33-21(25)14-12-10-8-6-4-2)16-31-34(28,29)32-17-19(23)22(26)27/h18-19,28-29H,3-17,23H2,1-2H3/p+2/t18-,19+/m1/s1. The highest BCUT2D eigenvalue weighted by Crippen LogP contribution is 2.52. The SMILES string of the molecule is CCCCCCCC(=O)OC[C@H](CO[P+](O)(O)OC[C@H]([NH3+])C(=O)O)OC(=O)CCCCCCC. The number of quaternary nitrogens is 1. The number of ether oxygens (including phenoxy) is 2. The third-order valence-corrected chi connectivity index (χ3v) is 5.89. The highest BCUT2D eigenvalue weighted by atomic mass is 31.2. The van der Waals surface area contributed by atoms with Crippen LogP contribution in [0, 0.1) is 0 Å². The van der Waals surface area contributed by atoms with Gasteiger partial charge < -0.3 is 20.3 Å². The van der Waals surface area contributed by atoms with Gasteiger partial charge in [-0.2, -0.15) is 9.79 Å². The molecule has 0 aliphatic rings. The Morgan fingerprint density at radius 1 is 0.765 bits per heavy atom. The van der Waals surface area contributed by atoms with Gasteiger partial charge in [-0.25, -0.2) is 4.79 Å². The van der Waals surface area contributed by atoms with Gasteiger partial charge in [0.15, 0.2) is 12.7 Å². The minimum Gasteiger partial charge on any atom is -0.477 e. The van der Waals surface area contributed by atoms with Crippen LogP contribution in [0.1, 0.15) is 90.9 Å². The molecule has 0 saturated heterocycles. The Morgan fingerprint density at radius 3 is 1.79 bits per heavy atom. The number of carboxylic acids is 1. The predicted molar refractivity (Wildman–Crippen MR) is 125 cm³/mol. The number of hydrogen-bond donors (Lipinski definition) is 4. The molecule has 12 heteroatoms. The Hall–Kier alpha value is -1.36. The van der Waals surface area contributed by atoms with Crippen molar-refractivity contribution in [2.45, 2.75) is 103 Å². The van der Waals surface area contributed by atoms with E-state index in [1.54, 1.807) is 0 Å². The third kappa shape index (κ3) is 19.0. The molecule has 0 radical (unpaired) electrons. The normalized spacial score (nSPS) is 13.3. The smallest absolute Gasteiger partial charge is 0.477 e.